The van der Waals surface area contributed by atoms with E-state index in [0.717, 1.165) is 20.9 Å². The molecular formula is C17H19NO3S. The van der Waals surface area contributed by atoms with E-state index in [1.165, 1.54) is 11.3 Å². The maximum atomic E-state index is 11.9. The molecule has 0 aliphatic rings. The maximum absolute atomic E-state index is 11.9. The van der Waals surface area contributed by atoms with Crippen molar-refractivity contribution in [2.24, 2.45) is 0 Å². The molecule has 0 unspecified atom stereocenters. The Morgan fingerprint density at radius 2 is 1.91 bits per heavy atom. The number of carbonyl (C=O) groups excluding carboxylic acids is 2. The third kappa shape index (κ3) is 4.18. The molecule has 0 fully saturated rings. The molecule has 0 aliphatic heterocycles. The van der Waals surface area contributed by atoms with Crippen molar-refractivity contribution < 1.29 is 14.3 Å². The topological polar surface area (TPSA) is 55.4 Å². The zero-order valence-corrected chi connectivity index (χ0v) is 13.8. The standard InChI is InChI=1S/C17H19NO3S/c1-11-6-4-5-7-14(11)9-18-16(19)10-21-17(20)15-8-12(2)22-13(15)3/h4-8H,9-10H2,1-3H3,(H,18,19). The van der Waals surface area contributed by atoms with Crippen LogP contribution in [0.3, 0.4) is 0 Å². The van der Waals surface area contributed by atoms with Crippen LogP contribution < -0.4 is 5.32 Å². The van der Waals surface area contributed by atoms with Crippen LogP contribution in [0.15, 0.2) is 30.3 Å². The fourth-order valence-electron chi connectivity index (χ4n) is 2.10. The van der Waals surface area contributed by atoms with E-state index in [1.54, 1.807) is 6.07 Å². The molecule has 2 aromatic rings. The Kier molecular flexibility index (Phi) is 5.33. The van der Waals surface area contributed by atoms with Crippen molar-refractivity contribution in [3.05, 3.63) is 56.8 Å². The van der Waals surface area contributed by atoms with Gasteiger partial charge in [0, 0.05) is 16.3 Å². The summed E-state index contributed by atoms with van der Waals surface area (Å²) < 4.78 is 5.06. The van der Waals surface area contributed by atoms with Gasteiger partial charge in [-0.15, -0.1) is 11.3 Å². The first kappa shape index (κ1) is 16.2. The van der Waals surface area contributed by atoms with E-state index >= 15 is 0 Å². The quantitative estimate of drug-likeness (QED) is 0.862. The van der Waals surface area contributed by atoms with Crippen LogP contribution in [0.25, 0.3) is 0 Å². The van der Waals surface area contributed by atoms with Crippen LogP contribution in [0.4, 0.5) is 0 Å². The van der Waals surface area contributed by atoms with Gasteiger partial charge in [-0.25, -0.2) is 4.79 Å². The molecule has 5 heteroatoms. The summed E-state index contributed by atoms with van der Waals surface area (Å²) in [4.78, 5) is 25.6. The van der Waals surface area contributed by atoms with E-state index in [-0.39, 0.29) is 12.5 Å². The van der Waals surface area contributed by atoms with Crippen LogP contribution in [0.2, 0.25) is 0 Å². The zero-order valence-electron chi connectivity index (χ0n) is 12.9. The van der Waals surface area contributed by atoms with E-state index < -0.39 is 5.97 Å². The number of ether oxygens (including phenoxy) is 1. The summed E-state index contributed by atoms with van der Waals surface area (Å²) >= 11 is 1.54. The molecule has 0 saturated carbocycles. The predicted molar refractivity (Wildman–Crippen MR) is 87.1 cm³/mol. The van der Waals surface area contributed by atoms with Crippen molar-refractivity contribution in [3.63, 3.8) is 0 Å². The van der Waals surface area contributed by atoms with Gasteiger partial charge < -0.3 is 10.1 Å². The zero-order chi connectivity index (χ0) is 16.1. The van der Waals surface area contributed by atoms with Crippen molar-refractivity contribution in [1.82, 2.24) is 5.32 Å². The monoisotopic (exact) mass is 317 g/mol. The van der Waals surface area contributed by atoms with Gasteiger partial charge in [0.25, 0.3) is 5.91 Å². The number of carbonyl (C=O) groups is 2. The number of hydrogen-bond acceptors (Lipinski definition) is 4. The number of esters is 1. The van der Waals surface area contributed by atoms with E-state index in [0.29, 0.717) is 12.1 Å². The normalized spacial score (nSPS) is 10.3. The molecule has 1 aromatic heterocycles. The third-order valence-electron chi connectivity index (χ3n) is 3.33. The predicted octanol–water partition coefficient (Wildman–Crippen LogP) is 3.15. The van der Waals surface area contributed by atoms with E-state index in [2.05, 4.69) is 5.32 Å². The van der Waals surface area contributed by atoms with Crippen molar-refractivity contribution >= 4 is 23.2 Å². The van der Waals surface area contributed by atoms with Gasteiger partial charge in [0.05, 0.1) is 5.56 Å². The van der Waals surface area contributed by atoms with Crippen LogP contribution in [-0.4, -0.2) is 18.5 Å². The Labute approximate surface area is 134 Å². The molecule has 0 atom stereocenters. The van der Waals surface area contributed by atoms with Gasteiger partial charge in [-0.2, -0.15) is 0 Å². The summed E-state index contributed by atoms with van der Waals surface area (Å²) in [5.74, 6) is -0.755. The Balaban J connectivity index is 1.82. The van der Waals surface area contributed by atoms with Gasteiger partial charge >= 0.3 is 5.97 Å². The molecule has 0 radical (unpaired) electrons. The molecule has 0 aliphatic carbocycles. The number of benzene rings is 1. The van der Waals surface area contributed by atoms with Crippen molar-refractivity contribution in [3.8, 4) is 0 Å². The van der Waals surface area contributed by atoms with Gasteiger partial charge in [-0.1, -0.05) is 24.3 Å². The first-order valence-corrected chi connectivity index (χ1v) is 7.84. The molecular weight excluding hydrogens is 298 g/mol. The minimum absolute atomic E-state index is 0.265. The number of hydrogen-bond donors (Lipinski definition) is 1. The average Bonchev–Trinajstić information content (AvgIpc) is 2.82. The molecule has 0 bridgehead atoms. The Bertz CT molecular complexity index is 691. The van der Waals surface area contributed by atoms with Gasteiger partial charge in [-0.05, 0) is 38.0 Å². The van der Waals surface area contributed by atoms with Gasteiger partial charge in [-0.3, -0.25) is 4.79 Å². The summed E-state index contributed by atoms with van der Waals surface area (Å²) in [6.07, 6.45) is 0. The second-order valence-corrected chi connectivity index (χ2v) is 6.57. The molecule has 1 aromatic carbocycles. The minimum atomic E-state index is -0.451. The fraction of sp³-hybridized carbons (Fsp3) is 0.294. The molecule has 2 rings (SSSR count). The highest BCUT2D eigenvalue weighted by Gasteiger charge is 2.14. The lowest BCUT2D eigenvalue weighted by Gasteiger charge is -2.08. The lowest BCUT2D eigenvalue weighted by Crippen LogP contribution is -2.28. The average molecular weight is 317 g/mol. The summed E-state index contributed by atoms with van der Waals surface area (Å²) in [6.45, 7) is 5.96. The van der Waals surface area contributed by atoms with Crippen LogP contribution in [0, 0.1) is 20.8 Å². The van der Waals surface area contributed by atoms with Gasteiger partial charge in [0.1, 0.15) is 0 Å². The van der Waals surface area contributed by atoms with E-state index in [9.17, 15) is 9.59 Å². The lowest BCUT2D eigenvalue weighted by molar-refractivity contribution is -0.124. The Morgan fingerprint density at radius 3 is 2.55 bits per heavy atom. The first-order valence-electron chi connectivity index (χ1n) is 7.02. The van der Waals surface area contributed by atoms with Crippen LogP contribution >= 0.6 is 11.3 Å². The second-order valence-electron chi connectivity index (χ2n) is 5.11. The SMILES string of the molecule is Cc1cc(C(=O)OCC(=O)NCc2ccccc2C)c(C)s1. The highest BCUT2D eigenvalue weighted by atomic mass is 32.1. The maximum Gasteiger partial charge on any atom is 0.339 e. The number of thiophene rings is 1. The molecule has 1 N–H and O–H groups in total. The van der Waals surface area contributed by atoms with Gasteiger partial charge in [0.15, 0.2) is 6.61 Å². The van der Waals surface area contributed by atoms with Crippen molar-refractivity contribution in [1.29, 1.82) is 0 Å². The van der Waals surface area contributed by atoms with Crippen molar-refractivity contribution in [2.45, 2.75) is 27.3 Å². The first-order chi connectivity index (χ1) is 10.5. The molecule has 0 saturated heterocycles. The Hall–Kier alpha value is -2.14. The van der Waals surface area contributed by atoms with E-state index in [4.69, 9.17) is 4.74 Å². The summed E-state index contributed by atoms with van der Waals surface area (Å²) in [5, 5.41) is 2.75. The second kappa shape index (κ2) is 7.22. The third-order valence-corrected chi connectivity index (χ3v) is 4.30. The summed E-state index contributed by atoms with van der Waals surface area (Å²) in [5.41, 5.74) is 2.70. The van der Waals surface area contributed by atoms with Gasteiger partial charge in [0.2, 0.25) is 0 Å². The highest BCUT2D eigenvalue weighted by molar-refractivity contribution is 7.12. The van der Waals surface area contributed by atoms with E-state index in [1.807, 2.05) is 45.0 Å². The summed E-state index contributed by atoms with van der Waals surface area (Å²) in [6, 6.07) is 9.61. The minimum Gasteiger partial charge on any atom is -0.452 e. The molecule has 1 amide bonds. The largest absolute Gasteiger partial charge is 0.452 e. The molecule has 22 heavy (non-hydrogen) atoms. The van der Waals surface area contributed by atoms with Crippen LogP contribution in [0.5, 0.6) is 0 Å². The van der Waals surface area contributed by atoms with Crippen LogP contribution in [-0.2, 0) is 16.1 Å². The summed E-state index contributed by atoms with van der Waals surface area (Å²) in [7, 11) is 0. The number of rotatable bonds is 5. The molecule has 4 nitrogen and oxygen atoms in total. The Morgan fingerprint density at radius 1 is 1.18 bits per heavy atom. The molecule has 1 heterocycles. The lowest BCUT2D eigenvalue weighted by atomic mass is 10.1. The number of nitrogens with one attached hydrogen (secondary N) is 1. The number of aryl methyl sites for hydroxylation is 3. The smallest absolute Gasteiger partial charge is 0.339 e. The van der Waals surface area contributed by atoms with Crippen LogP contribution in [0.1, 0.15) is 31.2 Å². The highest BCUT2D eigenvalue weighted by Crippen LogP contribution is 2.21. The fourth-order valence-corrected chi connectivity index (χ4v) is 3.01. The molecule has 0 spiro atoms. The molecule has 116 valence electrons. The van der Waals surface area contributed by atoms with Crippen molar-refractivity contribution in [2.75, 3.05) is 6.61 Å². The number of amides is 1.